The van der Waals surface area contributed by atoms with Crippen LogP contribution in [0.4, 0.5) is 0 Å². The second kappa shape index (κ2) is 4.67. The zero-order valence-corrected chi connectivity index (χ0v) is 9.33. The van der Waals surface area contributed by atoms with Crippen LogP contribution in [0.2, 0.25) is 0 Å². The maximum absolute atomic E-state index is 11.4. The first-order valence-corrected chi connectivity index (χ1v) is 5.74. The summed E-state index contributed by atoms with van der Waals surface area (Å²) in [5.74, 6) is 0.819. The number of likely N-dealkylation sites (tertiary alicyclic amines) is 1. The molecule has 2 rings (SSSR count). The average molecular weight is 224 g/mol. The molecule has 1 aromatic carbocycles. The third-order valence-corrected chi connectivity index (χ3v) is 3.03. The molecule has 1 aliphatic heterocycles. The highest BCUT2D eigenvalue weighted by molar-refractivity contribution is 6.17. The summed E-state index contributed by atoms with van der Waals surface area (Å²) in [4.78, 5) is 13.3. The Morgan fingerprint density at radius 2 is 1.87 bits per heavy atom. The Balaban J connectivity index is 2.01. The quantitative estimate of drug-likeness (QED) is 0.722. The van der Waals surface area contributed by atoms with Gasteiger partial charge in [-0.05, 0) is 17.5 Å². The van der Waals surface area contributed by atoms with Gasteiger partial charge >= 0.3 is 0 Å². The Kier molecular flexibility index (Phi) is 3.27. The zero-order chi connectivity index (χ0) is 10.7. The van der Waals surface area contributed by atoms with Crippen LogP contribution >= 0.6 is 11.6 Å². The van der Waals surface area contributed by atoms with E-state index in [-0.39, 0.29) is 5.91 Å². The number of benzene rings is 1. The molecular weight excluding hydrogens is 210 g/mol. The standard InChI is InChI=1S/C12H14ClNO/c13-8-10-3-5-11(6-4-10)9-14-7-1-2-12(14)15/h3-6H,1-2,7-9H2. The molecule has 1 heterocycles. The number of hydrogen-bond acceptors (Lipinski definition) is 1. The number of carbonyl (C=O) groups is 1. The number of carbonyl (C=O) groups excluding carboxylic acids is 1. The highest BCUT2D eigenvalue weighted by atomic mass is 35.5. The third kappa shape index (κ3) is 2.51. The molecule has 80 valence electrons. The van der Waals surface area contributed by atoms with E-state index in [4.69, 9.17) is 11.6 Å². The van der Waals surface area contributed by atoms with E-state index in [1.54, 1.807) is 0 Å². The van der Waals surface area contributed by atoms with Gasteiger partial charge in [0.1, 0.15) is 0 Å². The van der Waals surface area contributed by atoms with E-state index in [9.17, 15) is 4.79 Å². The number of halogens is 1. The van der Waals surface area contributed by atoms with E-state index in [1.165, 1.54) is 5.56 Å². The van der Waals surface area contributed by atoms with E-state index in [0.717, 1.165) is 25.1 Å². The van der Waals surface area contributed by atoms with Gasteiger partial charge in [0.05, 0.1) is 0 Å². The summed E-state index contributed by atoms with van der Waals surface area (Å²) >= 11 is 5.71. The minimum Gasteiger partial charge on any atom is -0.338 e. The molecule has 0 aromatic heterocycles. The van der Waals surface area contributed by atoms with Crippen LogP contribution in [-0.2, 0) is 17.2 Å². The van der Waals surface area contributed by atoms with Gasteiger partial charge in [0, 0.05) is 25.4 Å². The number of rotatable bonds is 3. The molecule has 1 fully saturated rings. The van der Waals surface area contributed by atoms with Crippen molar-refractivity contribution in [3.63, 3.8) is 0 Å². The van der Waals surface area contributed by atoms with Crippen LogP contribution < -0.4 is 0 Å². The van der Waals surface area contributed by atoms with Crippen molar-refractivity contribution in [2.45, 2.75) is 25.3 Å². The zero-order valence-electron chi connectivity index (χ0n) is 8.58. The maximum Gasteiger partial charge on any atom is 0.222 e. The number of alkyl halides is 1. The van der Waals surface area contributed by atoms with Gasteiger partial charge in [0.25, 0.3) is 0 Å². The lowest BCUT2D eigenvalue weighted by molar-refractivity contribution is -0.128. The van der Waals surface area contributed by atoms with Crippen LogP contribution in [0, 0.1) is 0 Å². The molecule has 1 aromatic rings. The first kappa shape index (κ1) is 10.5. The second-order valence-electron chi connectivity index (χ2n) is 3.87. The SMILES string of the molecule is O=C1CCCN1Cc1ccc(CCl)cc1. The monoisotopic (exact) mass is 223 g/mol. The second-order valence-corrected chi connectivity index (χ2v) is 4.14. The predicted octanol–water partition coefficient (Wildman–Crippen LogP) is 2.55. The van der Waals surface area contributed by atoms with Gasteiger partial charge in [-0.15, -0.1) is 11.6 Å². The Morgan fingerprint density at radius 3 is 2.40 bits per heavy atom. The van der Waals surface area contributed by atoms with Crippen LogP contribution in [0.15, 0.2) is 24.3 Å². The van der Waals surface area contributed by atoms with Gasteiger partial charge in [0.15, 0.2) is 0 Å². The van der Waals surface area contributed by atoms with Gasteiger partial charge in [0.2, 0.25) is 5.91 Å². The molecule has 1 amide bonds. The fraction of sp³-hybridized carbons (Fsp3) is 0.417. The van der Waals surface area contributed by atoms with Gasteiger partial charge in [-0.2, -0.15) is 0 Å². The Hall–Kier alpha value is -1.02. The first-order valence-electron chi connectivity index (χ1n) is 5.21. The molecular formula is C12H14ClNO. The molecule has 1 aliphatic rings. The minimum atomic E-state index is 0.274. The van der Waals surface area contributed by atoms with Gasteiger partial charge in [-0.3, -0.25) is 4.79 Å². The lowest BCUT2D eigenvalue weighted by atomic mass is 10.1. The Labute approximate surface area is 94.8 Å². The minimum absolute atomic E-state index is 0.274. The van der Waals surface area contributed by atoms with Gasteiger partial charge in [-0.1, -0.05) is 24.3 Å². The summed E-state index contributed by atoms with van der Waals surface area (Å²) in [6.07, 6.45) is 1.71. The molecule has 2 nitrogen and oxygen atoms in total. The Bertz CT molecular complexity index is 347. The van der Waals surface area contributed by atoms with Gasteiger partial charge in [-0.25, -0.2) is 0 Å². The molecule has 0 unspecified atom stereocenters. The summed E-state index contributed by atoms with van der Waals surface area (Å²) in [5.41, 5.74) is 2.30. The predicted molar refractivity (Wildman–Crippen MR) is 60.7 cm³/mol. The van der Waals surface area contributed by atoms with Crippen LogP contribution in [0.5, 0.6) is 0 Å². The highest BCUT2D eigenvalue weighted by Crippen LogP contribution is 2.15. The summed E-state index contributed by atoms with van der Waals surface area (Å²) in [6, 6.07) is 8.12. The van der Waals surface area contributed by atoms with Crippen molar-refractivity contribution in [1.29, 1.82) is 0 Å². The molecule has 1 saturated heterocycles. The number of amides is 1. The Morgan fingerprint density at radius 1 is 1.20 bits per heavy atom. The summed E-state index contributed by atoms with van der Waals surface area (Å²) in [6.45, 7) is 1.64. The van der Waals surface area contributed by atoms with Crippen molar-refractivity contribution in [1.82, 2.24) is 4.90 Å². The fourth-order valence-electron chi connectivity index (χ4n) is 1.83. The maximum atomic E-state index is 11.4. The van der Waals surface area contributed by atoms with E-state index in [0.29, 0.717) is 12.3 Å². The van der Waals surface area contributed by atoms with Crippen LogP contribution in [0.1, 0.15) is 24.0 Å². The van der Waals surface area contributed by atoms with Crippen molar-refractivity contribution in [3.8, 4) is 0 Å². The topological polar surface area (TPSA) is 20.3 Å². The summed E-state index contributed by atoms with van der Waals surface area (Å²) in [5, 5.41) is 0. The van der Waals surface area contributed by atoms with Gasteiger partial charge < -0.3 is 4.90 Å². The molecule has 15 heavy (non-hydrogen) atoms. The molecule has 0 saturated carbocycles. The largest absolute Gasteiger partial charge is 0.338 e. The van der Waals surface area contributed by atoms with Crippen molar-refractivity contribution in [2.24, 2.45) is 0 Å². The van der Waals surface area contributed by atoms with E-state index in [1.807, 2.05) is 29.2 Å². The van der Waals surface area contributed by atoms with Crippen LogP contribution in [0.3, 0.4) is 0 Å². The first-order chi connectivity index (χ1) is 7.29. The lowest BCUT2D eigenvalue weighted by Gasteiger charge is -2.15. The molecule has 0 atom stereocenters. The van der Waals surface area contributed by atoms with Crippen molar-refractivity contribution in [2.75, 3.05) is 6.54 Å². The van der Waals surface area contributed by atoms with Crippen LogP contribution in [-0.4, -0.2) is 17.4 Å². The van der Waals surface area contributed by atoms with E-state index >= 15 is 0 Å². The third-order valence-electron chi connectivity index (χ3n) is 2.72. The van der Waals surface area contributed by atoms with Crippen molar-refractivity contribution in [3.05, 3.63) is 35.4 Å². The number of nitrogens with zero attached hydrogens (tertiary/aromatic N) is 1. The summed E-state index contributed by atoms with van der Waals surface area (Å²) < 4.78 is 0. The molecule has 0 radical (unpaired) electrons. The molecule has 0 spiro atoms. The highest BCUT2D eigenvalue weighted by Gasteiger charge is 2.19. The molecule has 0 bridgehead atoms. The average Bonchev–Trinajstić information content (AvgIpc) is 2.66. The smallest absolute Gasteiger partial charge is 0.222 e. The fourth-order valence-corrected chi connectivity index (χ4v) is 2.00. The number of hydrogen-bond donors (Lipinski definition) is 0. The van der Waals surface area contributed by atoms with Crippen molar-refractivity contribution >= 4 is 17.5 Å². The lowest BCUT2D eigenvalue weighted by Crippen LogP contribution is -2.23. The summed E-state index contributed by atoms with van der Waals surface area (Å²) in [7, 11) is 0. The van der Waals surface area contributed by atoms with E-state index < -0.39 is 0 Å². The van der Waals surface area contributed by atoms with Crippen molar-refractivity contribution < 1.29 is 4.79 Å². The van der Waals surface area contributed by atoms with E-state index in [2.05, 4.69) is 0 Å². The molecule has 0 N–H and O–H groups in total. The normalized spacial score (nSPS) is 16.1. The molecule has 3 heteroatoms. The molecule has 0 aliphatic carbocycles. The van der Waals surface area contributed by atoms with Crippen LogP contribution in [0.25, 0.3) is 0 Å².